The van der Waals surface area contributed by atoms with Crippen molar-refractivity contribution in [2.24, 2.45) is 0 Å². The molecule has 0 radical (unpaired) electrons. The fraction of sp³-hybridized carbons (Fsp3) is 0.346. The first-order valence-electron chi connectivity index (χ1n) is 11.5. The summed E-state index contributed by atoms with van der Waals surface area (Å²) < 4.78 is 4.28. The van der Waals surface area contributed by atoms with Crippen LogP contribution in [0, 0.1) is 10.9 Å². The third-order valence-electron chi connectivity index (χ3n) is 6.69. The van der Waals surface area contributed by atoms with Crippen LogP contribution < -0.4 is 5.56 Å². The summed E-state index contributed by atoms with van der Waals surface area (Å²) in [5, 5.41) is 0.577. The maximum atomic E-state index is 13.7. The van der Waals surface area contributed by atoms with Crippen molar-refractivity contribution in [2.75, 3.05) is 6.54 Å². The average Bonchev–Trinajstić information content (AvgIpc) is 3.19. The van der Waals surface area contributed by atoms with E-state index >= 15 is 0 Å². The quantitative estimate of drug-likeness (QED) is 0.348. The Kier molecular flexibility index (Phi) is 5.93. The summed E-state index contributed by atoms with van der Waals surface area (Å²) in [6.45, 7) is 4.96. The van der Waals surface area contributed by atoms with Gasteiger partial charge in [-0.25, -0.2) is 0 Å². The Labute approximate surface area is 201 Å². The number of aryl methyl sites for hydroxylation is 1. The summed E-state index contributed by atoms with van der Waals surface area (Å²) in [4.78, 5) is 30.1. The molecule has 4 aromatic rings. The Bertz CT molecular complexity index is 1460. The van der Waals surface area contributed by atoms with Gasteiger partial charge < -0.3 is 4.90 Å². The van der Waals surface area contributed by atoms with E-state index in [1.165, 1.54) is 16.9 Å². The van der Waals surface area contributed by atoms with Crippen LogP contribution in [0.1, 0.15) is 38.2 Å². The first-order valence-corrected chi connectivity index (χ1v) is 12.8. The number of carbonyl (C=O) groups excluding carboxylic acids is 1. The van der Waals surface area contributed by atoms with Gasteiger partial charge in [0.2, 0.25) is 5.91 Å². The van der Waals surface area contributed by atoms with E-state index in [9.17, 15) is 9.59 Å². The lowest BCUT2D eigenvalue weighted by molar-refractivity contribution is -0.135. The highest BCUT2D eigenvalue weighted by atomic mass is 32.1. The van der Waals surface area contributed by atoms with Gasteiger partial charge in [0, 0.05) is 12.6 Å². The highest BCUT2D eigenvalue weighted by Crippen LogP contribution is 2.33. The molecule has 1 atom stereocenters. The molecule has 2 aromatic heterocycles. The number of rotatable bonds is 4. The van der Waals surface area contributed by atoms with Crippen molar-refractivity contribution in [3.8, 4) is 10.4 Å². The van der Waals surface area contributed by atoms with Crippen molar-refractivity contribution >= 4 is 46.0 Å². The zero-order chi connectivity index (χ0) is 23.1. The number of hydrogen-bond acceptors (Lipinski definition) is 4. The first-order chi connectivity index (χ1) is 16.0. The Balaban J connectivity index is 1.75. The summed E-state index contributed by atoms with van der Waals surface area (Å²) in [6.07, 6.45) is 4.14. The lowest BCUT2D eigenvalue weighted by Gasteiger charge is -2.35. The summed E-state index contributed by atoms with van der Waals surface area (Å²) in [6, 6.07) is 16.0. The van der Waals surface area contributed by atoms with Crippen LogP contribution in [0.25, 0.3) is 27.0 Å². The number of para-hydroxylation sites is 1. The second-order valence-electron chi connectivity index (χ2n) is 8.78. The average molecular weight is 478 g/mol. The van der Waals surface area contributed by atoms with E-state index in [1.807, 2.05) is 33.6 Å². The molecule has 0 N–H and O–H groups in total. The van der Waals surface area contributed by atoms with Crippen LogP contribution in [-0.4, -0.2) is 32.4 Å². The SMILES string of the molecule is CC[C@H]1CCCCN1C(=O)Cn1c(=O)c2ccccc2n2c(=S)sc(-c3ccc(C)cc3)c12. The van der Waals surface area contributed by atoms with E-state index in [-0.39, 0.29) is 24.1 Å². The molecule has 1 aliphatic heterocycles. The first kappa shape index (κ1) is 22.0. The van der Waals surface area contributed by atoms with Crippen molar-refractivity contribution in [2.45, 2.75) is 52.1 Å². The van der Waals surface area contributed by atoms with Crippen LogP contribution >= 0.6 is 23.6 Å². The predicted octanol–water partition coefficient (Wildman–Crippen LogP) is 5.81. The van der Waals surface area contributed by atoms with E-state index < -0.39 is 0 Å². The maximum Gasteiger partial charge on any atom is 0.262 e. The molecule has 1 aliphatic rings. The van der Waals surface area contributed by atoms with Crippen LogP contribution in [-0.2, 0) is 11.3 Å². The molecule has 170 valence electrons. The molecule has 1 saturated heterocycles. The molecule has 5 nitrogen and oxygen atoms in total. The number of likely N-dealkylation sites (tertiary alicyclic amines) is 1. The van der Waals surface area contributed by atoms with Crippen LogP contribution in [0.3, 0.4) is 0 Å². The molecule has 0 bridgehead atoms. The number of hydrogen-bond donors (Lipinski definition) is 0. The van der Waals surface area contributed by atoms with E-state index in [4.69, 9.17) is 12.2 Å². The summed E-state index contributed by atoms with van der Waals surface area (Å²) in [5.74, 6) is 0.00723. The van der Waals surface area contributed by atoms with Crippen LogP contribution in [0.15, 0.2) is 53.3 Å². The number of carbonyl (C=O) groups is 1. The third-order valence-corrected chi connectivity index (χ3v) is 8.10. The van der Waals surface area contributed by atoms with E-state index in [2.05, 4.69) is 38.1 Å². The molecule has 0 saturated carbocycles. The zero-order valence-corrected chi connectivity index (χ0v) is 20.5. The van der Waals surface area contributed by atoms with Crippen molar-refractivity contribution in [3.63, 3.8) is 0 Å². The third kappa shape index (κ3) is 3.83. The van der Waals surface area contributed by atoms with Gasteiger partial charge in [-0.15, -0.1) is 11.3 Å². The number of piperidine rings is 1. The molecule has 3 heterocycles. The van der Waals surface area contributed by atoms with Gasteiger partial charge in [0.25, 0.3) is 5.56 Å². The molecule has 1 fully saturated rings. The Morgan fingerprint density at radius 2 is 1.88 bits per heavy atom. The molecular weight excluding hydrogens is 450 g/mol. The minimum absolute atomic E-state index is 0.00723. The molecular formula is C26H27N3O2S2. The van der Waals surface area contributed by atoms with Crippen molar-refractivity contribution in [3.05, 3.63) is 68.4 Å². The predicted molar refractivity (Wildman–Crippen MR) is 138 cm³/mol. The lowest BCUT2D eigenvalue weighted by Crippen LogP contribution is -2.46. The number of nitrogens with zero attached hydrogens (tertiary/aromatic N) is 3. The fourth-order valence-electron chi connectivity index (χ4n) is 4.93. The minimum Gasteiger partial charge on any atom is -0.338 e. The van der Waals surface area contributed by atoms with E-state index in [0.717, 1.165) is 48.2 Å². The topological polar surface area (TPSA) is 46.7 Å². The Morgan fingerprint density at radius 1 is 1.12 bits per heavy atom. The van der Waals surface area contributed by atoms with Crippen LogP contribution in [0.5, 0.6) is 0 Å². The second kappa shape index (κ2) is 8.88. The lowest BCUT2D eigenvalue weighted by atomic mass is 10.00. The van der Waals surface area contributed by atoms with Gasteiger partial charge in [-0.05, 0) is 62.5 Å². The number of thiazole rings is 1. The number of amides is 1. The van der Waals surface area contributed by atoms with Gasteiger partial charge in [0.1, 0.15) is 12.2 Å². The number of fused-ring (bicyclic) bond motifs is 3. The molecule has 2 aromatic carbocycles. The monoisotopic (exact) mass is 477 g/mol. The molecule has 0 aliphatic carbocycles. The molecule has 0 spiro atoms. The van der Waals surface area contributed by atoms with Gasteiger partial charge >= 0.3 is 0 Å². The highest BCUT2D eigenvalue weighted by molar-refractivity contribution is 7.73. The van der Waals surface area contributed by atoms with Crippen molar-refractivity contribution in [1.82, 2.24) is 13.9 Å². The molecule has 1 amide bonds. The van der Waals surface area contributed by atoms with Gasteiger partial charge in [0.15, 0.2) is 3.95 Å². The molecule has 0 unspecified atom stereocenters. The van der Waals surface area contributed by atoms with Gasteiger partial charge in [-0.2, -0.15) is 0 Å². The standard InChI is InChI=1S/C26H27N3O2S2/c1-3-19-8-6-7-15-27(19)22(30)16-28-24-23(18-13-11-17(2)12-14-18)33-26(32)29(24)21-10-5-4-9-20(21)25(28)31/h4-5,9-14,19H,3,6-8,15-16H2,1-2H3/t19-/m0/s1. The second-order valence-corrected chi connectivity index (χ2v) is 10.4. The summed E-state index contributed by atoms with van der Waals surface area (Å²) in [5.41, 5.74) is 3.51. The highest BCUT2D eigenvalue weighted by Gasteiger charge is 2.27. The normalized spacial score (nSPS) is 16.5. The van der Waals surface area contributed by atoms with Crippen LogP contribution in [0.2, 0.25) is 0 Å². The smallest absolute Gasteiger partial charge is 0.262 e. The largest absolute Gasteiger partial charge is 0.338 e. The maximum absolute atomic E-state index is 13.7. The Morgan fingerprint density at radius 3 is 2.64 bits per heavy atom. The molecule has 7 heteroatoms. The summed E-state index contributed by atoms with van der Waals surface area (Å²) >= 11 is 7.26. The number of benzene rings is 2. The number of aromatic nitrogens is 2. The zero-order valence-electron chi connectivity index (χ0n) is 18.9. The molecule has 33 heavy (non-hydrogen) atoms. The van der Waals surface area contributed by atoms with E-state index in [1.54, 1.807) is 4.57 Å². The minimum atomic E-state index is -0.148. The Hall–Kier alpha value is -2.77. The van der Waals surface area contributed by atoms with Crippen molar-refractivity contribution in [1.29, 1.82) is 0 Å². The van der Waals surface area contributed by atoms with Crippen molar-refractivity contribution < 1.29 is 4.79 Å². The van der Waals surface area contributed by atoms with E-state index in [0.29, 0.717) is 15.0 Å². The molecule has 5 rings (SSSR count). The van der Waals surface area contributed by atoms with Crippen LogP contribution in [0.4, 0.5) is 0 Å². The van der Waals surface area contributed by atoms with Gasteiger partial charge in [-0.1, -0.05) is 48.9 Å². The summed E-state index contributed by atoms with van der Waals surface area (Å²) in [7, 11) is 0. The fourth-order valence-corrected chi connectivity index (χ4v) is 6.36. The van der Waals surface area contributed by atoms with Gasteiger partial charge in [-0.3, -0.25) is 18.6 Å². The van der Waals surface area contributed by atoms with Gasteiger partial charge in [0.05, 0.1) is 15.8 Å².